The van der Waals surface area contributed by atoms with Gasteiger partial charge in [0, 0.05) is 78.4 Å². The van der Waals surface area contributed by atoms with E-state index in [1.54, 1.807) is 29.2 Å². The second kappa shape index (κ2) is 17.6. The third-order valence-electron chi connectivity index (χ3n) is 9.87. The first-order valence-corrected chi connectivity index (χ1v) is 17.8. The van der Waals surface area contributed by atoms with E-state index in [0.29, 0.717) is 29.0 Å². The molecule has 16 heteroatoms. The fourth-order valence-electron chi connectivity index (χ4n) is 6.79. The van der Waals surface area contributed by atoms with E-state index in [-0.39, 0.29) is 77.8 Å². The topological polar surface area (TPSA) is 221 Å². The normalized spacial score (nSPS) is 16.6. The summed E-state index contributed by atoms with van der Waals surface area (Å²) < 4.78 is 11.8. The molecule has 0 heterocycles. The van der Waals surface area contributed by atoms with Crippen LogP contribution in [0, 0.1) is 48.1 Å². The maximum Gasteiger partial charge on any atom is 0.407 e. The van der Waals surface area contributed by atoms with E-state index in [1.807, 2.05) is 0 Å². The molecule has 1 amide bonds. The summed E-state index contributed by atoms with van der Waals surface area (Å²) in [5.41, 5.74) is 1.14. The first kappa shape index (κ1) is 39.8. The fourth-order valence-corrected chi connectivity index (χ4v) is 6.79. The van der Waals surface area contributed by atoms with Crippen molar-refractivity contribution in [3.8, 4) is 17.2 Å². The van der Waals surface area contributed by atoms with Crippen molar-refractivity contribution >= 4 is 28.8 Å². The van der Waals surface area contributed by atoms with Crippen LogP contribution in [0.1, 0.15) is 62.3 Å². The SMILES string of the molecule is CC1CCC(C(C)C)C(OC(=O)NCc2ccc(N(Cc3cc([N+](=O)[O-])ccc3O)Cc3cc([N+](=O)[O-])ccc3OCc3cc([N+](=O)[O-])ccc3O)cc2)C1. The highest BCUT2D eigenvalue weighted by Crippen LogP contribution is 2.36. The van der Waals surface area contributed by atoms with Crippen LogP contribution in [0.2, 0.25) is 0 Å². The average Bonchev–Trinajstić information content (AvgIpc) is 3.14. The Labute approximate surface area is 316 Å². The Morgan fingerprint density at radius 1 is 0.800 bits per heavy atom. The van der Waals surface area contributed by atoms with Gasteiger partial charge in [0.2, 0.25) is 0 Å². The van der Waals surface area contributed by atoms with Crippen LogP contribution >= 0.6 is 0 Å². The first-order chi connectivity index (χ1) is 26.2. The summed E-state index contributed by atoms with van der Waals surface area (Å²) in [6.45, 7) is 6.15. The smallest absolute Gasteiger partial charge is 0.407 e. The Balaban J connectivity index is 1.40. The number of benzene rings is 4. The number of nitro groups is 3. The molecule has 0 bridgehead atoms. The van der Waals surface area contributed by atoms with Crippen molar-refractivity contribution in [2.75, 3.05) is 4.90 Å². The monoisotopic (exact) mass is 757 g/mol. The zero-order valence-electron chi connectivity index (χ0n) is 30.6. The van der Waals surface area contributed by atoms with E-state index in [1.165, 1.54) is 42.5 Å². The number of phenols is 2. The maximum absolute atomic E-state index is 12.8. The highest BCUT2D eigenvalue weighted by Gasteiger charge is 2.33. The molecule has 55 heavy (non-hydrogen) atoms. The van der Waals surface area contributed by atoms with Crippen molar-refractivity contribution in [3.63, 3.8) is 0 Å². The molecule has 1 aliphatic rings. The zero-order valence-corrected chi connectivity index (χ0v) is 30.6. The van der Waals surface area contributed by atoms with E-state index in [0.717, 1.165) is 37.0 Å². The number of alkyl carbamates (subject to hydrolysis) is 1. The number of phenolic OH excluding ortho intramolecular Hbond substituents is 2. The van der Waals surface area contributed by atoms with Gasteiger partial charge in [0.25, 0.3) is 17.1 Å². The molecule has 1 fully saturated rings. The minimum Gasteiger partial charge on any atom is -0.508 e. The predicted octanol–water partition coefficient (Wildman–Crippen LogP) is 8.30. The van der Waals surface area contributed by atoms with Gasteiger partial charge in [-0.05, 0) is 66.5 Å². The average molecular weight is 758 g/mol. The van der Waals surface area contributed by atoms with Crippen molar-refractivity contribution in [2.45, 2.75) is 72.4 Å². The van der Waals surface area contributed by atoms with Gasteiger partial charge < -0.3 is 29.9 Å². The summed E-state index contributed by atoms with van der Waals surface area (Å²) in [6, 6.07) is 18.0. The van der Waals surface area contributed by atoms with Gasteiger partial charge >= 0.3 is 6.09 Å². The number of hydrogen-bond donors (Lipinski definition) is 3. The van der Waals surface area contributed by atoms with Crippen LogP contribution in [-0.4, -0.2) is 37.2 Å². The Bertz CT molecular complexity index is 2040. The largest absolute Gasteiger partial charge is 0.508 e. The molecule has 0 radical (unpaired) electrons. The van der Waals surface area contributed by atoms with Gasteiger partial charge in [-0.1, -0.05) is 39.3 Å². The number of aromatic hydroxyl groups is 2. The number of hydrogen-bond acceptors (Lipinski definition) is 12. The summed E-state index contributed by atoms with van der Waals surface area (Å²) in [6.07, 6.45) is 2.26. The van der Waals surface area contributed by atoms with Crippen molar-refractivity contribution in [1.82, 2.24) is 5.32 Å². The number of non-ortho nitro benzene ring substituents is 3. The van der Waals surface area contributed by atoms with E-state index >= 15 is 0 Å². The van der Waals surface area contributed by atoms with Crippen LogP contribution in [0.4, 0.5) is 27.5 Å². The fraction of sp³-hybridized carbons (Fsp3) is 0.359. The lowest BCUT2D eigenvalue weighted by Gasteiger charge is -2.36. The molecule has 16 nitrogen and oxygen atoms in total. The molecule has 5 rings (SSSR count). The third-order valence-corrected chi connectivity index (χ3v) is 9.87. The molecule has 3 N–H and O–H groups in total. The van der Waals surface area contributed by atoms with E-state index in [9.17, 15) is 45.4 Å². The molecule has 290 valence electrons. The van der Waals surface area contributed by atoms with Crippen molar-refractivity contribution in [3.05, 3.63) is 131 Å². The number of nitrogens with zero attached hydrogens (tertiary/aromatic N) is 4. The number of carbonyl (C=O) groups excluding carboxylic acids is 1. The van der Waals surface area contributed by atoms with Gasteiger partial charge in [0.1, 0.15) is 30.0 Å². The maximum atomic E-state index is 12.8. The van der Waals surface area contributed by atoms with Crippen molar-refractivity contribution in [2.24, 2.45) is 17.8 Å². The molecule has 1 saturated carbocycles. The second-order valence-electron chi connectivity index (χ2n) is 14.1. The molecule has 3 unspecified atom stereocenters. The number of ether oxygens (including phenoxy) is 2. The number of carbonyl (C=O) groups is 1. The van der Waals surface area contributed by atoms with Gasteiger partial charge in [0.05, 0.1) is 14.8 Å². The lowest BCUT2D eigenvalue weighted by Crippen LogP contribution is -2.38. The highest BCUT2D eigenvalue weighted by molar-refractivity contribution is 5.67. The standard InChI is InChI=1S/C39H43N5O11/c1-24(2)34-12-4-25(3)16-38(34)55-39(47)40-20-26-5-7-30(8-6-26)41(21-27-17-31(42(48)49)9-13-35(27)45)22-28-18-33(44(52)53)11-15-37(28)54-23-29-19-32(43(50)51)10-14-36(29)46/h5-11,13-15,17-19,24-25,34,38,45-46H,4,12,16,20-23H2,1-3H3,(H,40,47). The minimum absolute atomic E-state index is 0.0686. The Kier molecular flexibility index (Phi) is 12.7. The Hall–Kier alpha value is -6.45. The van der Waals surface area contributed by atoms with Crippen LogP contribution < -0.4 is 15.0 Å². The van der Waals surface area contributed by atoms with Gasteiger partial charge in [-0.25, -0.2) is 4.79 Å². The van der Waals surface area contributed by atoms with Crippen LogP contribution in [0.25, 0.3) is 0 Å². The third kappa shape index (κ3) is 10.4. The molecule has 0 aliphatic heterocycles. The summed E-state index contributed by atoms with van der Waals surface area (Å²) in [4.78, 5) is 47.5. The molecule has 4 aromatic carbocycles. The second-order valence-corrected chi connectivity index (χ2v) is 14.1. The van der Waals surface area contributed by atoms with Crippen molar-refractivity contribution in [1.29, 1.82) is 0 Å². The molecule has 0 aromatic heterocycles. The summed E-state index contributed by atoms with van der Waals surface area (Å²) in [5, 5.41) is 58.6. The molecular weight excluding hydrogens is 714 g/mol. The van der Waals surface area contributed by atoms with Gasteiger partial charge in [-0.2, -0.15) is 0 Å². The zero-order chi connectivity index (χ0) is 39.8. The number of amides is 1. The Morgan fingerprint density at radius 3 is 1.95 bits per heavy atom. The minimum atomic E-state index is -0.617. The van der Waals surface area contributed by atoms with E-state index in [2.05, 4.69) is 26.1 Å². The lowest BCUT2D eigenvalue weighted by atomic mass is 9.75. The highest BCUT2D eigenvalue weighted by atomic mass is 16.6. The molecule has 4 aromatic rings. The van der Waals surface area contributed by atoms with Crippen LogP contribution in [0.15, 0.2) is 78.9 Å². The van der Waals surface area contributed by atoms with Crippen LogP contribution in [0.5, 0.6) is 17.2 Å². The number of anilines is 1. The van der Waals surface area contributed by atoms with Gasteiger partial charge in [-0.15, -0.1) is 0 Å². The predicted molar refractivity (Wildman–Crippen MR) is 202 cm³/mol. The summed E-state index contributed by atoms with van der Waals surface area (Å²) >= 11 is 0. The van der Waals surface area contributed by atoms with Crippen molar-refractivity contribution < 1.29 is 39.3 Å². The lowest BCUT2D eigenvalue weighted by molar-refractivity contribution is -0.385. The van der Waals surface area contributed by atoms with Crippen LogP contribution in [0.3, 0.4) is 0 Å². The molecule has 1 aliphatic carbocycles. The summed E-state index contributed by atoms with van der Waals surface area (Å²) in [5.74, 6) is 0.855. The van der Waals surface area contributed by atoms with Crippen LogP contribution in [-0.2, 0) is 31.0 Å². The number of nitrogens with one attached hydrogen (secondary N) is 1. The van der Waals surface area contributed by atoms with Gasteiger partial charge in [0.15, 0.2) is 0 Å². The Morgan fingerprint density at radius 2 is 1.35 bits per heavy atom. The molecule has 0 spiro atoms. The first-order valence-electron chi connectivity index (χ1n) is 17.8. The molecular formula is C39H43N5O11. The van der Waals surface area contributed by atoms with E-state index < -0.39 is 20.9 Å². The number of rotatable bonds is 15. The molecule has 0 saturated heterocycles. The molecule has 3 atom stereocenters. The van der Waals surface area contributed by atoms with Gasteiger partial charge in [-0.3, -0.25) is 30.3 Å². The quantitative estimate of drug-likeness (QED) is 0.0770. The number of nitro benzene ring substituents is 3. The van der Waals surface area contributed by atoms with E-state index in [4.69, 9.17) is 9.47 Å². The summed E-state index contributed by atoms with van der Waals surface area (Å²) in [7, 11) is 0.